The molecule has 1 aromatic carbocycles. The molecular formula is C10H8F3N3OS. The van der Waals surface area contributed by atoms with Crippen LogP contribution in [0.15, 0.2) is 18.2 Å². The third kappa shape index (κ3) is 2.53. The van der Waals surface area contributed by atoms with Gasteiger partial charge in [-0.1, -0.05) is 22.5 Å². The molecule has 0 saturated carbocycles. The van der Waals surface area contributed by atoms with Crippen molar-refractivity contribution in [2.45, 2.75) is 13.1 Å². The maximum Gasteiger partial charge on any atom is 0.445 e. The topological polar surface area (TPSA) is 61.0 Å². The Hall–Kier alpha value is -1.83. The third-order valence-corrected chi connectivity index (χ3v) is 3.02. The zero-order chi connectivity index (χ0) is 13.3. The van der Waals surface area contributed by atoms with Crippen molar-refractivity contribution in [3.8, 4) is 10.9 Å². The number of rotatable bonds is 2. The Morgan fingerprint density at radius 3 is 2.61 bits per heavy atom. The van der Waals surface area contributed by atoms with Crippen LogP contribution in [0.25, 0.3) is 0 Å². The number of halogens is 3. The van der Waals surface area contributed by atoms with Gasteiger partial charge in [-0.3, -0.25) is 0 Å². The van der Waals surface area contributed by atoms with Crippen molar-refractivity contribution in [3.63, 3.8) is 0 Å². The molecule has 0 bridgehead atoms. The number of aromatic nitrogens is 2. The Balaban J connectivity index is 2.24. The number of nitrogen functional groups attached to an aromatic ring is 1. The van der Waals surface area contributed by atoms with E-state index in [4.69, 9.17) is 10.5 Å². The lowest BCUT2D eigenvalue weighted by atomic mass is 10.2. The molecule has 2 rings (SSSR count). The molecule has 0 spiro atoms. The predicted molar refractivity (Wildman–Crippen MR) is 60.6 cm³/mol. The van der Waals surface area contributed by atoms with E-state index in [-0.39, 0.29) is 5.19 Å². The molecule has 0 amide bonds. The van der Waals surface area contributed by atoms with Crippen LogP contribution in [0.2, 0.25) is 0 Å². The van der Waals surface area contributed by atoms with Crippen molar-refractivity contribution in [1.29, 1.82) is 0 Å². The summed E-state index contributed by atoms with van der Waals surface area (Å²) in [6, 6.07) is 4.91. The van der Waals surface area contributed by atoms with Crippen LogP contribution in [0.4, 0.5) is 18.9 Å². The number of nitrogens with two attached hydrogens (primary N) is 1. The van der Waals surface area contributed by atoms with E-state index >= 15 is 0 Å². The van der Waals surface area contributed by atoms with Gasteiger partial charge in [-0.2, -0.15) is 13.2 Å². The zero-order valence-electron chi connectivity index (χ0n) is 9.15. The first-order valence-electron chi connectivity index (χ1n) is 4.81. The fourth-order valence-corrected chi connectivity index (χ4v) is 1.78. The maximum absolute atomic E-state index is 12.3. The monoisotopic (exact) mass is 275 g/mol. The average Bonchev–Trinajstić information content (AvgIpc) is 2.73. The summed E-state index contributed by atoms with van der Waals surface area (Å²) in [7, 11) is 0. The normalized spacial score (nSPS) is 11.6. The van der Waals surface area contributed by atoms with E-state index < -0.39 is 11.2 Å². The standard InChI is InChI=1S/C10H8F3N3OS/c1-5-6(14)3-2-4-7(5)17-9-16-15-8(18-9)10(11,12)13/h2-4H,14H2,1H3. The minimum atomic E-state index is -4.51. The lowest BCUT2D eigenvalue weighted by Crippen LogP contribution is -2.03. The van der Waals surface area contributed by atoms with Gasteiger partial charge in [0.1, 0.15) is 5.75 Å². The SMILES string of the molecule is Cc1c(N)cccc1Oc1nnc(C(F)(F)F)s1. The first-order valence-corrected chi connectivity index (χ1v) is 5.63. The maximum atomic E-state index is 12.3. The smallest absolute Gasteiger partial charge is 0.429 e. The Bertz CT molecular complexity index is 568. The fraction of sp³-hybridized carbons (Fsp3) is 0.200. The molecule has 2 N–H and O–H groups in total. The number of alkyl halides is 3. The van der Waals surface area contributed by atoms with Gasteiger partial charge in [0.25, 0.3) is 5.19 Å². The fourth-order valence-electron chi connectivity index (χ4n) is 1.20. The highest BCUT2D eigenvalue weighted by atomic mass is 32.1. The molecule has 0 atom stereocenters. The molecule has 0 unspecified atom stereocenters. The minimum absolute atomic E-state index is 0.170. The van der Waals surface area contributed by atoms with Crippen LogP contribution in [-0.4, -0.2) is 10.2 Å². The predicted octanol–water partition coefficient (Wildman–Crippen LogP) is 3.24. The van der Waals surface area contributed by atoms with Crippen molar-refractivity contribution < 1.29 is 17.9 Å². The van der Waals surface area contributed by atoms with Gasteiger partial charge in [0, 0.05) is 11.3 Å². The first-order chi connectivity index (χ1) is 8.38. The molecule has 2 aromatic rings. The van der Waals surface area contributed by atoms with Gasteiger partial charge in [-0.25, -0.2) is 0 Å². The summed E-state index contributed by atoms with van der Waals surface area (Å²) in [5.74, 6) is 0.361. The largest absolute Gasteiger partial charge is 0.445 e. The number of nitrogens with zero attached hydrogens (tertiary/aromatic N) is 2. The van der Waals surface area contributed by atoms with Crippen molar-refractivity contribution in [1.82, 2.24) is 10.2 Å². The average molecular weight is 275 g/mol. The first kappa shape index (κ1) is 12.6. The molecule has 18 heavy (non-hydrogen) atoms. The highest BCUT2D eigenvalue weighted by molar-refractivity contribution is 7.13. The summed E-state index contributed by atoms with van der Waals surface area (Å²) >= 11 is 0.339. The van der Waals surface area contributed by atoms with Gasteiger partial charge >= 0.3 is 6.18 Å². The second-order valence-corrected chi connectivity index (χ2v) is 4.38. The van der Waals surface area contributed by atoms with Gasteiger partial charge < -0.3 is 10.5 Å². The Labute approximate surface area is 104 Å². The molecule has 1 heterocycles. The highest BCUT2D eigenvalue weighted by Gasteiger charge is 2.36. The van der Waals surface area contributed by atoms with Gasteiger partial charge in [0.15, 0.2) is 0 Å². The second-order valence-electron chi connectivity index (χ2n) is 3.44. The highest BCUT2D eigenvalue weighted by Crippen LogP contribution is 2.36. The minimum Gasteiger partial charge on any atom is -0.429 e. The second kappa shape index (κ2) is 4.45. The number of hydrogen-bond donors (Lipinski definition) is 1. The van der Waals surface area contributed by atoms with E-state index in [9.17, 15) is 13.2 Å². The van der Waals surface area contributed by atoms with Crippen LogP contribution in [0.5, 0.6) is 10.9 Å². The molecule has 0 saturated heterocycles. The van der Waals surface area contributed by atoms with Crippen molar-refractivity contribution in [2.75, 3.05) is 5.73 Å². The van der Waals surface area contributed by atoms with E-state index in [2.05, 4.69) is 10.2 Å². The summed E-state index contributed by atoms with van der Waals surface area (Å²) in [6.07, 6.45) is -4.51. The van der Waals surface area contributed by atoms with Gasteiger partial charge in [0.2, 0.25) is 5.01 Å². The van der Waals surface area contributed by atoms with Crippen LogP contribution in [0, 0.1) is 6.92 Å². The summed E-state index contributed by atoms with van der Waals surface area (Å²) in [5.41, 5.74) is 6.79. The van der Waals surface area contributed by atoms with E-state index in [0.717, 1.165) is 0 Å². The Morgan fingerprint density at radius 1 is 1.28 bits per heavy atom. The molecule has 96 valence electrons. The van der Waals surface area contributed by atoms with Crippen LogP contribution >= 0.6 is 11.3 Å². The van der Waals surface area contributed by atoms with E-state index in [0.29, 0.717) is 28.3 Å². The lowest BCUT2D eigenvalue weighted by Gasteiger charge is -2.06. The number of anilines is 1. The molecule has 0 radical (unpaired) electrons. The lowest BCUT2D eigenvalue weighted by molar-refractivity contribution is -0.138. The van der Waals surface area contributed by atoms with Crippen molar-refractivity contribution in [2.24, 2.45) is 0 Å². The van der Waals surface area contributed by atoms with Gasteiger partial charge in [-0.15, -0.1) is 5.10 Å². The Morgan fingerprint density at radius 2 is 2.00 bits per heavy atom. The number of benzene rings is 1. The van der Waals surface area contributed by atoms with Crippen molar-refractivity contribution >= 4 is 17.0 Å². The molecule has 0 fully saturated rings. The summed E-state index contributed by atoms with van der Waals surface area (Å²) < 4.78 is 42.2. The summed E-state index contributed by atoms with van der Waals surface area (Å²) in [6.45, 7) is 1.70. The molecule has 0 aliphatic rings. The summed E-state index contributed by atoms with van der Waals surface area (Å²) in [5, 5.41) is 5.14. The molecule has 0 aliphatic heterocycles. The third-order valence-electron chi connectivity index (χ3n) is 2.17. The Kier molecular flexibility index (Phi) is 3.12. The van der Waals surface area contributed by atoms with E-state index in [1.165, 1.54) is 0 Å². The number of hydrogen-bond acceptors (Lipinski definition) is 5. The van der Waals surface area contributed by atoms with Gasteiger partial charge in [-0.05, 0) is 19.1 Å². The molecular weight excluding hydrogens is 267 g/mol. The van der Waals surface area contributed by atoms with Crippen LogP contribution < -0.4 is 10.5 Å². The van der Waals surface area contributed by atoms with E-state index in [1.807, 2.05) is 0 Å². The molecule has 4 nitrogen and oxygen atoms in total. The summed E-state index contributed by atoms with van der Waals surface area (Å²) in [4.78, 5) is 0. The van der Waals surface area contributed by atoms with Gasteiger partial charge in [0.05, 0.1) is 0 Å². The van der Waals surface area contributed by atoms with Crippen LogP contribution in [-0.2, 0) is 6.18 Å². The molecule has 0 aliphatic carbocycles. The quantitative estimate of drug-likeness (QED) is 0.855. The van der Waals surface area contributed by atoms with Crippen molar-refractivity contribution in [3.05, 3.63) is 28.8 Å². The molecule has 8 heteroatoms. The molecule has 1 aromatic heterocycles. The number of ether oxygens (including phenoxy) is 1. The van der Waals surface area contributed by atoms with Crippen LogP contribution in [0.1, 0.15) is 10.6 Å². The van der Waals surface area contributed by atoms with E-state index in [1.54, 1.807) is 25.1 Å². The zero-order valence-corrected chi connectivity index (χ0v) is 9.97. The van der Waals surface area contributed by atoms with Crippen LogP contribution in [0.3, 0.4) is 0 Å².